The summed E-state index contributed by atoms with van der Waals surface area (Å²) in [6, 6.07) is 6.42. The molecule has 2 fully saturated rings. The number of nitrogens with two attached hydrogens (primary N) is 2. The normalized spacial score (nSPS) is 18.1. The second-order valence-electron chi connectivity index (χ2n) is 8.23. The molecule has 0 spiro atoms. The first-order valence-electron chi connectivity index (χ1n) is 10.9. The van der Waals surface area contributed by atoms with E-state index < -0.39 is 11.4 Å². The second-order valence-corrected chi connectivity index (χ2v) is 8.23. The third kappa shape index (κ3) is 6.09. The van der Waals surface area contributed by atoms with Gasteiger partial charge in [0.2, 0.25) is 0 Å². The number of pyridine rings is 1. The van der Waals surface area contributed by atoms with Gasteiger partial charge in [-0.15, -0.1) is 0 Å². The van der Waals surface area contributed by atoms with Crippen molar-refractivity contribution in [1.82, 2.24) is 4.98 Å². The zero-order valence-corrected chi connectivity index (χ0v) is 18.3. The van der Waals surface area contributed by atoms with Gasteiger partial charge in [0, 0.05) is 54.1 Å². The number of hydrogen-bond acceptors (Lipinski definition) is 7. The summed E-state index contributed by atoms with van der Waals surface area (Å²) in [5, 5.41) is 9.88. The van der Waals surface area contributed by atoms with E-state index in [2.05, 4.69) is 21.8 Å². The first kappa shape index (κ1) is 22.8. The van der Waals surface area contributed by atoms with Crippen molar-refractivity contribution in [1.29, 1.82) is 0 Å². The van der Waals surface area contributed by atoms with Gasteiger partial charge in [0.1, 0.15) is 18.0 Å². The van der Waals surface area contributed by atoms with Crippen LogP contribution in [0.3, 0.4) is 0 Å². The Morgan fingerprint density at radius 2 is 2.12 bits per heavy atom. The van der Waals surface area contributed by atoms with Gasteiger partial charge in [0.05, 0.1) is 6.04 Å². The molecule has 33 heavy (non-hydrogen) atoms. The molecule has 0 bridgehead atoms. The van der Waals surface area contributed by atoms with Crippen LogP contribution in [0.25, 0.3) is 5.57 Å². The minimum atomic E-state index is -0.895. The third-order valence-corrected chi connectivity index (χ3v) is 5.60. The van der Waals surface area contributed by atoms with Crippen molar-refractivity contribution in [2.75, 3.05) is 18.9 Å². The van der Waals surface area contributed by atoms with Crippen molar-refractivity contribution in [2.45, 2.75) is 43.9 Å². The molecule has 2 aromatic rings. The molecular weight excluding hydrogens is 423 g/mol. The van der Waals surface area contributed by atoms with Crippen molar-refractivity contribution in [3.05, 3.63) is 59.2 Å². The van der Waals surface area contributed by atoms with Crippen molar-refractivity contribution in [3.63, 3.8) is 0 Å². The first-order chi connectivity index (χ1) is 16.0. The van der Waals surface area contributed by atoms with E-state index in [0.717, 1.165) is 12.8 Å². The molecule has 5 N–H and O–H groups in total. The Morgan fingerprint density at radius 3 is 2.85 bits per heavy atom. The third-order valence-electron chi connectivity index (χ3n) is 5.60. The van der Waals surface area contributed by atoms with Gasteiger partial charge in [-0.2, -0.15) is 0 Å². The minimum Gasteiger partial charge on any atom is -0.485 e. The predicted molar refractivity (Wildman–Crippen MR) is 125 cm³/mol. The van der Waals surface area contributed by atoms with Gasteiger partial charge >= 0.3 is 0 Å². The number of anilines is 1. The van der Waals surface area contributed by atoms with E-state index in [1.165, 1.54) is 12.3 Å². The molecule has 0 unspecified atom stereocenters. The molecule has 1 saturated heterocycles. The average Bonchev–Trinajstić information content (AvgIpc) is 3.57. The fourth-order valence-corrected chi connectivity index (χ4v) is 3.31. The highest BCUT2D eigenvalue weighted by molar-refractivity contribution is 6.09. The summed E-state index contributed by atoms with van der Waals surface area (Å²) < 4.78 is 25.5. The molecule has 1 aliphatic heterocycles. The van der Waals surface area contributed by atoms with E-state index in [1.807, 2.05) is 0 Å². The van der Waals surface area contributed by atoms with E-state index in [1.54, 1.807) is 30.6 Å². The number of nitrogens with zero attached hydrogens (tertiary/aromatic N) is 2. The van der Waals surface area contributed by atoms with Crippen molar-refractivity contribution in [2.24, 2.45) is 10.7 Å². The van der Waals surface area contributed by atoms with Crippen LogP contribution in [0.5, 0.6) is 5.75 Å². The van der Waals surface area contributed by atoms with E-state index in [9.17, 15) is 9.50 Å². The van der Waals surface area contributed by atoms with Gasteiger partial charge in [-0.05, 0) is 49.9 Å². The molecule has 1 aromatic heterocycles. The number of benzene rings is 1. The summed E-state index contributed by atoms with van der Waals surface area (Å²) in [5.41, 5.74) is 13.2. The fraction of sp³-hybridized carbons (Fsp3) is 0.360. The van der Waals surface area contributed by atoms with Gasteiger partial charge in [-0.25, -0.2) is 9.37 Å². The highest BCUT2D eigenvalue weighted by Gasteiger charge is 2.38. The van der Waals surface area contributed by atoms with E-state index in [-0.39, 0.29) is 18.5 Å². The summed E-state index contributed by atoms with van der Waals surface area (Å²) in [4.78, 5) is 8.79. The van der Waals surface area contributed by atoms with Crippen LogP contribution < -0.4 is 16.2 Å². The lowest BCUT2D eigenvalue weighted by Gasteiger charge is -2.18. The summed E-state index contributed by atoms with van der Waals surface area (Å²) in [5.74, 6) is 5.79. The number of allylic oxidation sites excluding steroid dienone is 1. The molecule has 8 heteroatoms. The van der Waals surface area contributed by atoms with Crippen LogP contribution in [0.1, 0.15) is 42.4 Å². The highest BCUT2D eigenvalue weighted by atomic mass is 19.1. The van der Waals surface area contributed by atoms with Crippen LogP contribution in [0.4, 0.5) is 10.2 Å². The number of nitrogen functional groups attached to an aromatic ring is 1. The van der Waals surface area contributed by atoms with Crippen LogP contribution in [0, 0.1) is 17.7 Å². The molecule has 172 valence electrons. The van der Waals surface area contributed by atoms with E-state index in [4.69, 9.17) is 20.9 Å². The zero-order chi connectivity index (χ0) is 23.3. The zero-order valence-electron chi connectivity index (χ0n) is 18.3. The summed E-state index contributed by atoms with van der Waals surface area (Å²) in [7, 11) is 0. The quantitative estimate of drug-likeness (QED) is 0.460. The fourth-order valence-electron chi connectivity index (χ4n) is 3.31. The highest BCUT2D eigenvalue weighted by Crippen LogP contribution is 2.34. The Morgan fingerprint density at radius 1 is 1.33 bits per heavy atom. The number of aliphatic imine (C=N–C) groups is 1. The number of aliphatic hydroxyl groups is 1. The van der Waals surface area contributed by atoms with Crippen molar-refractivity contribution < 1.29 is 19.0 Å². The summed E-state index contributed by atoms with van der Waals surface area (Å²) in [6.07, 6.45) is 7.85. The van der Waals surface area contributed by atoms with E-state index in [0.29, 0.717) is 54.1 Å². The number of ether oxygens (including phenoxy) is 2. The molecular formula is C25H27FN4O3. The topological polar surface area (TPSA) is 116 Å². The summed E-state index contributed by atoms with van der Waals surface area (Å²) in [6.45, 7) is 1.35. The molecule has 2 aliphatic rings. The number of halogens is 1. The Balaban J connectivity index is 1.47. The molecule has 0 amide bonds. The maximum absolute atomic E-state index is 14.3. The van der Waals surface area contributed by atoms with Gasteiger partial charge < -0.3 is 26.0 Å². The second kappa shape index (κ2) is 10.0. The Kier molecular flexibility index (Phi) is 6.92. The van der Waals surface area contributed by atoms with E-state index >= 15 is 0 Å². The predicted octanol–water partition coefficient (Wildman–Crippen LogP) is 2.81. The van der Waals surface area contributed by atoms with Gasteiger partial charge in [-0.1, -0.05) is 11.8 Å². The lowest BCUT2D eigenvalue weighted by atomic mass is 10.1. The molecule has 4 rings (SSSR count). The largest absolute Gasteiger partial charge is 0.485 e. The minimum absolute atomic E-state index is 0.0568. The van der Waals surface area contributed by atoms with Gasteiger partial charge in [0.25, 0.3) is 0 Å². The maximum atomic E-state index is 14.3. The molecule has 2 heterocycles. The lowest BCUT2D eigenvalue weighted by Crippen LogP contribution is -2.18. The Hall–Kier alpha value is -3.41. The van der Waals surface area contributed by atoms with Crippen molar-refractivity contribution >= 4 is 17.6 Å². The van der Waals surface area contributed by atoms with Crippen LogP contribution in [0.15, 0.2) is 41.7 Å². The standard InChI is InChI=1S/C25H27FN4O3/c26-22-2-1-17(3-6-25(31)7-8-25)11-19(22)16-33-23-12-18(14-30-24(23)28)20(13-27)15-29-21-4-9-32-10-5-21/h1-2,11-15,21,31H,4-5,7-10,16,27H2,(H2,28,30). The number of aromatic nitrogens is 1. The molecule has 1 aliphatic carbocycles. The summed E-state index contributed by atoms with van der Waals surface area (Å²) >= 11 is 0. The molecule has 1 saturated carbocycles. The Labute approximate surface area is 192 Å². The lowest BCUT2D eigenvalue weighted by molar-refractivity contribution is 0.0872. The van der Waals surface area contributed by atoms with Gasteiger partial charge in [0.15, 0.2) is 11.6 Å². The monoisotopic (exact) mass is 450 g/mol. The van der Waals surface area contributed by atoms with Crippen LogP contribution >= 0.6 is 0 Å². The molecule has 0 atom stereocenters. The van der Waals surface area contributed by atoms with Gasteiger partial charge in [-0.3, -0.25) is 4.99 Å². The maximum Gasteiger partial charge on any atom is 0.166 e. The molecule has 7 nitrogen and oxygen atoms in total. The van der Waals surface area contributed by atoms with Crippen LogP contribution in [-0.2, 0) is 11.3 Å². The first-order valence-corrected chi connectivity index (χ1v) is 10.9. The number of hydrogen-bond donors (Lipinski definition) is 3. The smallest absolute Gasteiger partial charge is 0.166 e. The van der Waals surface area contributed by atoms with Crippen LogP contribution in [0.2, 0.25) is 0 Å². The average molecular weight is 451 g/mol. The number of rotatable bonds is 6. The Bertz CT molecular complexity index is 1130. The van der Waals surface area contributed by atoms with Crippen LogP contribution in [-0.4, -0.2) is 41.2 Å². The van der Waals surface area contributed by atoms with Crippen molar-refractivity contribution in [3.8, 4) is 17.6 Å². The molecule has 1 aromatic carbocycles. The molecule has 0 radical (unpaired) electrons. The SMILES string of the molecule is NC=C(C=NC1CCOCC1)c1cnc(N)c(OCc2cc(C#CC3(O)CC3)ccc2F)c1.